The van der Waals surface area contributed by atoms with E-state index in [-0.39, 0.29) is 43.9 Å². The Hall–Kier alpha value is -4.93. The smallest absolute Gasteiger partial charge is 0.326 e. The van der Waals surface area contributed by atoms with Crippen LogP contribution < -0.4 is 33.2 Å². The average molecular weight is 596 g/mol. The van der Waals surface area contributed by atoms with E-state index < -0.39 is 79.1 Å². The molecule has 0 spiro atoms. The van der Waals surface area contributed by atoms with Gasteiger partial charge in [-0.15, -0.1) is 0 Å². The van der Waals surface area contributed by atoms with Gasteiger partial charge in [0.15, 0.2) is 5.96 Å². The summed E-state index contributed by atoms with van der Waals surface area (Å²) in [6.45, 7) is 0.0502. The molecule has 0 aromatic heterocycles. The van der Waals surface area contributed by atoms with E-state index in [9.17, 15) is 39.0 Å². The number of carboxylic acids is 3. The van der Waals surface area contributed by atoms with Gasteiger partial charge in [-0.1, -0.05) is 12.1 Å². The van der Waals surface area contributed by atoms with Crippen LogP contribution in [-0.2, 0) is 35.2 Å². The number of aliphatic carboxylic acids is 3. The number of nitrogens with one attached hydrogen (secondary N) is 3. The predicted molar refractivity (Wildman–Crippen MR) is 147 cm³/mol. The van der Waals surface area contributed by atoms with Gasteiger partial charge in [0.2, 0.25) is 17.7 Å². The average Bonchev–Trinajstić information content (AvgIpc) is 2.90. The fraction of sp³-hybridized carbons (Fsp3) is 0.480. The number of phenolic OH excluding ortho intramolecular Hbond substituents is 1. The summed E-state index contributed by atoms with van der Waals surface area (Å²) in [5.74, 6) is -6.94. The van der Waals surface area contributed by atoms with E-state index >= 15 is 0 Å². The van der Waals surface area contributed by atoms with Crippen LogP contribution >= 0.6 is 0 Å². The van der Waals surface area contributed by atoms with Crippen molar-refractivity contribution in [3.8, 4) is 5.75 Å². The Bertz CT molecular complexity index is 1140. The van der Waals surface area contributed by atoms with Crippen molar-refractivity contribution in [2.75, 3.05) is 6.54 Å². The van der Waals surface area contributed by atoms with Crippen molar-refractivity contribution in [3.05, 3.63) is 29.8 Å². The van der Waals surface area contributed by atoms with Gasteiger partial charge in [0.05, 0.1) is 6.04 Å². The van der Waals surface area contributed by atoms with Crippen LogP contribution in [0.25, 0.3) is 0 Å². The van der Waals surface area contributed by atoms with E-state index in [0.717, 1.165) is 0 Å². The second-order valence-corrected chi connectivity index (χ2v) is 9.31. The fourth-order valence-electron chi connectivity index (χ4n) is 3.64. The number of phenols is 1. The first-order chi connectivity index (χ1) is 19.7. The fourth-order valence-corrected chi connectivity index (χ4v) is 3.64. The summed E-state index contributed by atoms with van der Waals surface area (Å²) < 4.78 is 0. The highest BCUT2D eigenvalue weighted by molar-refractivity contribution is 5.94. The van der Waals surface area contributed by atoms with Gasteiger partial charge >= 0.3 is 17.9 Å². The number of nitrogens with two attached hydrogens (primary N) is 3. The Kier molecular flexibility index (Phi) is 14.8. The quantitative estimate of drug-likeness (QED) is 0.0453. The molecule has 0 saturated heterocycles. The van der Waals surface area contributed by atoms with Crippen LogP contribution in [0.1, 0.15) is 44.1 Å². The van der Waals surface area contributed by atoms with Gasteiger partial charge in [-0.2, -0.15) is 0 Å². The number of rotatable bonds is 19. The van der Waals surface area contributed by atoms with Crippen molar-refractivity contribution in [1.29, 1.82) is 0 Å². The molecule has 4 atom stereocenters. The summed E-state index contributed by atoms with van der Waals surface area (Å²) in [7, 11) is 0. The number of benzene rings is 1. The third kappa shape index (κ3) is 13.9. The highest BCUT2D eigenvalue weighted by atomic mass is 16.4. The van der Waals surface area contributed by atoms with Gasteiger partial charge in [0.1, 0.15) is 23.9 Å². The molecule has 0 saturated carbocycles. The largest absolute Gasteiger partial charge is 0.508 e. The van der Waals surface area contributed by atoms with E-state index in [1.54, 1.807) is 12.1 Å². The topological polar surface area (TPSA) is 310 Å². The number of guanidine groups is 1. The SMILES string of the molecule is NC(N)=NCCCC(NC(=O)C(CCC(=O)O)NC(=O)C(N)Cc1ccc(O)cc1)C(=O)NC(CCC(=O)O)C(=O)O. The predicted octanol–water partition coefficient (Wildman–Crippen LogP) is -2.42. The Balaban J connectivity index is 3.07. The lowest BCUT2D eigenvalue weighted by atomic mass is 10.0. The third-order valence-corrected chi connectivity index (χ3v) is 5.85. The maximum absolute atomic E-state index is 13.2. The molecule has 0 fully saturated rings. The highest BCUT2D eigenvalue weighted by Crippen LogP contribution is 2.11. The molecular weight excluding hydrogens is 558 g/mol. The number of aliphatic imine (C=N–C) groups is 1. The first-order valence-corrected chi connectivity index (χ1v) is 12.9. The van der Waals surface area contributed by atoms with Crippen LogP contribution in [0, 0.1) is 0 Å². The number of amides is 3. The maximum atomic E-state index is 13.2. The Labute approximate surface area is 240 Å². The lowest BCUT2D eigenvalue weighted by molar-refractivity contribution is -0.143. The van der Waals surface area contributed by atoms with Crippen molar-refractivity contribution >= 4 is 41.6 Å². The van der Waals surface area contributed by atoms with Gasteiger partial charge in [-0.3, -0.25) is 29.0 Å². The van der Waals surface area contributed by atoms with Gasteiger partial charge in [-0.25, -0.2) is 4.79 Å². The van der Waals surface area contributed by atoms with Gasteiger partial charge in [-0.05, 0) is 49.8 Å². The van der Waals surface area contributed by atoms with Gasteiger partial charge in [0.25, 0.3) is 0 Å². The zero-order valence-electron chi connectivity index (χ0n) is 22.7. The normalized spacial score (nSPS) is 13.5. The lowest BCUT2D eigenvalue weighted by Gasteiger charge is -2.25. The summed E-state index contributed by atoms with van der Waals surface area (Å²) in [4.78, 5) is 76.3. The van der Waals surface area contributed by atoms with Crippen LogP contribution in [0.2, 0.25) is 0 Å². The second-order valence-electron chi connectivity index (χ2n) is 9.31. The lowest BCUT2D eigenvalue weighted by Crippen LogP contribution is -2.57. The molecule has 13 N–H and O–H groups in total. The molecule has 0 aliphatic heterocycles. The Morgan fingerprint density at radius 1 is 0.738 bits per heavy atom. The van der Waals surface area contributed by atoms with Crippen LogP contribution in [0.4, 0.5) is 0 Å². The molecule has 17 heteroatoms. The molecule has 232 valence electrons. The van der Waals surface area contributed by atoms with Crippen molar-refractivity contribution in [2.24, 2.45) is 22.2 Å². The molecule has 1 rings (SSSR count). The number of carbonyl (C=O) groups excluding carboxylic acids is 3. The Morgan fingerprint density at radius 3 is 1.71 bits per heavy atom. The van der Waals surface area contributed by atoms with Crippen LogP contribution in [0.15, 0.2) is 29.3 Å². The third-order valence-electron chi connectivity index (χ3n) is 5.85. The first kappa shape index (κ1) is 35.1. The number of hydrogen-bond donors (Lipinski definition) is 10. The molecule has 0 aliphatic rings. The van der Waals surface area contributed by atoms with E-state index in [0.29, 0.717) is 5.56 Å². The van der Waals surface area contributed by atoms with E-state index in [4.69, 9.17) is 27.4 Å². The van der Waals surface area contributed by atoms with Crippen LogP contribution in [0.5, 0.6) is 5.75 Å². The minimum Gasteiger partial charge on any atom is -0.508 e. The molecule has 42 heavy (non-hydrogen) atoms. The van der Waals surface area contributed by atoms with Gasteiger partial charge < -0.3 is 53.6 Å². The van der Waals surface area contributed by atoms with Crippen molar-refractivity contribution in [1.82, 2.24) is 16.0 Å². The molecule has 0 heterocycles. The van der Waals surface area contributed by atoms with E-state index in [1.807, 2.05) is 0 Å². The molecule has 4 unspecified atom stereocenters. The molecule has 0 radical (unpaired) electrons. The molecule has 1 aromatic carbocycles. The number of carbonyl (C=O) groups is 6. The second kappa shape index (κ2) is 17.7. The number of aromatic hydroxyl groups is 1. The maximum Gasteiger partial charge on any atom is 0.326 e. The standard InChI is InChI=1S/C25H37N7O10/c26-15(12-13-3-5-14(33)6-4-13)21(38)30-17(7-9-19(34)35)23(40)31-16(2-1-11-29-25(27)28)22(39)32-18(24(41)42)8-10-20(36)37/h3-6,15-18,33H,1-2,7-12,26H2,(H,30,38)(H,31,40)(H,32,39)(H,34,35)(H,36,37)(H,41,42)(H4,27,28,29). The minimum absolute atomic E-state index is 0.00984. The zero-order valence-corrected chi connectivity index (χ0v) is 22.7. The molecule has 3 amide bonds. The van der Waals surface area contributed by atoms with Crippen LogP contribution in [0.3, 0.4) is 0 Å². The Morgan fingerprint density at radius 2 is 1.21 bits per heavy atom. The van der Waals surface area contributed by atoms with E-state index in [2.05, 4.69) is 20.9 Å². The van der Waals surface area contributed by atoms with Gasteiger partial charge in [0, 0.05) is 19.4 Å². The molecule has 0 aliphatic carbocycles. The minimum atomic E-state index is -1.58. The number of hydrogen-bond acceptors (Lipinski definition) is 9. The first-order valence-electron chi connectivity index (χ1n) is 12.9. The van der Waals surface area contributed by atoms with E-state index in [1.165, 1.54) is 12.1 Å². The number of nitrogens with zero attached hydrogens (tertiary/aromatic N) is 1. The summed E-state index contributed by atoms with van der Waals surface area (Å²) >= 11 is 0. The van der Waals surface area contributed by atoms with Crippen molar-refractivity contribution < 1.29 is 49.2 Å². The van der Waals surface area contributed by atoms with Crippen molar-refractivity contribution in [2.45, 2.75) is 69.1 Å². The summed E-state index contributed by atoms with van der Waals surface area (Å²) in [5, 5.41) is 43.7. The molecule has 1 aromatic rings. The van der Waals surface area contributed by atoms with Crippen molar-refractivity contribution in [3.63, 3.8) is 0 Å². The molecule has 17 nitrogen and oxygen atoms in total. The molecule has 0 bridgehead atoms. The highest BCUT2D eigenvalue weighted by Gasteiger charge is 2.30. The summed E-state index contributed by atoms with van der Waals surface area (Å²) in [5.41, 5.74) is 17.1. The monoisotopic (exact) mass is 595 g/mol. The number of carboxylic acid groups (broad SMARTS) is 3. The summed E-state index contributed by atoms with van der Waals surface area (Å²) in [6.07, 6.45) is -1.79. The van der Waals surface area contributed by atoms with Crippen LogP contribution in [-0.4, -0.2) is 92.7 Å². The summed E-state index contributed by atoms with van der Waals surface area (Å²) in [6, 6.07) is 0.344. The zero-order chi connectivity index (χ0) is 31.8. The molecular formula is C25H37N7O10.